The van der Waals surface area contributed by atoms with Crippen molar-refractivity contribution in [2.45, 2.75) is 33.1 Å². The summed E-state index contributed by atoms with van der Waals surface area (Å²) in [6, 6.07) is 0. The van der Waals surface area contributed by atoms with Crippen molar-refractivity contribution in [3.63, 3.8) is 0 Å². The molecule has 12 heavy (non-hydrogen) atoms. The van der Waals surface area contributed by atoms with Gasteiger partial charge in [-0.25, -0.2) is 0 Å². The van der Waals surface area contributed by atoms with Crippen LogP contribution in [0.5, 0.6) is 0 Å². The van der Waals surface area contributed by atoms with E-state index in [-0.39, 0.29) is 0 Å². The molecule has 0 aromatic rings. The van der Waals surface area contributed by atoms with Gasteiger partial charge in [0.2, 0.25) is 0 Å². The molecule has 1 heteroatoms. The van der Waals surface area contributed by atoms with Gasteiger partial charge in [0.25, 0.3) is 0 Å². The molecule has 68 valence electrons. The average molecular weight is 185 g/mol. The Morgan fingerprint density at radius 3 is 2.17 bits per heavy atom. The largest absolute Gasteiger partial charge is 0.127 e. The van der Waals surface area contributed by atoms with E-state index in [2.05, 4.69) is 13.8 Å². The summed E-state index contributed by atoms with van der Waals surface area (Å²) >= 11 is 5.90. The van der Waals surface area contributed by atoms with Crippen LogP contribution in [0.4, 0.5) is 0 Å². The fraction of sp³-hybridized carbons (Fsp3) is 1.00. The van der Waals surface area contributed by atoms with Gasteiger partial charge in [-0.2, -0.15) is 0 Å². The molecule has 0 amide bonds. The molecule has 0 heterocycles. The zero-order valence-electron chi connectivity index (χ0n) is 7.94. The van der Waals surface area contributed by atoms with Gasteiger partial charge < -0.3 is 0 Å². The Balaban J connectivity index is 1.97. The van der Waals surface area contributed by atoms with Crippen molar-refractivity contribution < 1.29 is 0 Å². The van der Waals surface area contributed by atoms with Crippen molar-refractivity contribution in [2.24, 2.45) is 28.6 Å². The van der Waals surface area contributed by atoms with E-state index < -0.39 is 0 Å². The summed E-state index contributed by atoms with van der Waals surface area (Å²) in [6.07, 6.45) is 4.30. The molecular weight excluding hydrogens is 168 g/mol. The monoisotopic (exact) mass is 184 g/mol. The quantitative estimate of drug-likeness (QED) is 0.578. The second-order valence-electron chi connectivity index (χ2n) is 5.52. The lowest BCUT2D eigenvalue weighted by molar-refractivity contribution is 0.163. The fourth-order valence-corrected chi connectivity index (χ4v) is 5.09. The summed E-state index contributed by atoms with van der Waals surface area (Å²) in [6.45, 7) is 5.01. The maximum absolute atomic E-state index is 5.90. The smallest absolute Gasteiger partial charge is 0.0228 e. The molecule has 4 bridgehead atoms. The van der Waals surface area contributed by atoms with Crippen LogP contribution in [-0.2, 0) is 0 Å². The molecule has 0 nitrogen and oxygen atoms in total. The first-order chi connectivity index (χ1) is 5.64. The van der Waals surface area contributed by atoms with Gasteiger partial charge in [-0.15, -0.1) is 11.6 Å². The van der Waals surface area contributed by atoms with Crippen LogP contribution in [0.3, 0.4) is 0 Å². The van der Waals surface area contributed by atoms with Crippen LogP contribution in [0.25, 0.3) is 0 Å². The summed E-state index contributed by atoms with van der Waals surface area (Å²) < 4.78 is 0. The fourth-order valence-electron chi connectivity index (χ4n) is 4.70. The van der Waals surface area contributed by atoms with Gasteiger partial charge in [0.15, 0.2) is 0 Å². The molecule has 3 unspecified atom stereocenters. The van der Waals surface area contributed by atoms with E-state index in [1.54, 1.807) is 0 Å². The molecular formula is C11H17Cl. The van der Waals surface area contributed by atoms with E-state index in [1.165, 1.54) is 19.3 Å². The third-order valence-electron chi connectivity index (χ3n) is 5.74. The van der Waals surface area contributed by atoms with Crippen LogP contribution in [0.15, 0.2) is 0 Å². The van der Waals surface area contributed by atoms with Gasteiger partial charge in [0.05, 0.1) is 0 Å². The molecule has 0 N–H and O–H groups in total. The number of rotatable bonds is 2. The zero-order valence-corrected chi connectivity index (χ0v) is 8.69. The number of hydrogen-bond donors (Lipinski definition) is 0. The lowest BCUT2D eigenvalue weighted by atomic mass is 9.72. The predicted molar refractivity (Wildman–Crippen MR) is 51.3 cm³/mol. The molecule has 4 aliphatic rings. The van der Waals surface area contributed by atoms with Crippen molar-refractivity contribution >= 4 is 11.6 Å². The molecule has 0 saturated heterocycles. The van der Waals surface area contributed by atoms with E-state index in [9.17, 15) is 0 Å². The summed E-state index contributed by atoms with van der Waals surface area (Å²) in [5.74, 6) is 4.07. The Kier molecular flexibility index (Phi) is 1.19. The molecule has 0 aromatic heterocycles. The van der Waals surface area contributed by atoms with Gasteiger partial charge in [-0.05, 0) is 47.8 Å². The second-order valence-corrected chi connectivity index (χ2v) is 5.90. The number of hydrogen-bond acceptors (Lipinski definition) is 0. The lowest BCUT2D eigenvalue weighted by Gasteiger charge is -2.33. The van der Waals surface area contributed by atoms with E-state index in [0.717, 1.165) is 23.6 Å². The molecule has 4 saturated carbocycles. The van der Waals surface area contributed by atoms with Gasteiger partial charge >= 0.3 is 0 Å². The third-order valence-corrected chi connectivity index (χ3v) is 5.93. The highest BCUT2D eigenvalue weighted by molar-refractivity contribution is 6.17. The Morgan fingerprint density at radius 2 is 1.83 bits per heavy atom. The van der Waals surface area contributed by atoms with Crippen LogP contribution in [0.1, 0.15) is 33.1 Å². The highest BCUT2D eigenvalue weighted by atomic mass is 35.5. The van der Waals surface area contributed by atoms with E-state index in [0.29, 0.717) is 10.8 Å². The molecule has 0 aliphatic heterocycles. The summed E-state index contributed by atoms with van der Waals surface area (Å²) in [4.78, 5) is 0. The van der Waals surface area contributed by atoms with Crippen LogP contribution >= 0.6 is 11.6 Å². The average Bonchev–Trinajstić information content (AvgIpc) is 2.41. The minimum absolute atomic E-state index is 0.615. The Labute approximate surface area is 79.7 Å². The first kappa shape index (κ1) is 7.67. The SMILES string of the molecule is CC1(CCCl)C2CC3C(C2)C31C. The normalized spacial score (nSPS) is 65.8. The molecule has 0 spiro atoms. The van der Waals surface area contributed by atoms with Crippen molar-refractivity contribution in [3.05, 3.63) is 0 Å². The standard InChI is InChI=1S/C11H17Cl/c1-10(3-4-12)7-5-8-9(6-7)11(8,10)2/h7-9H,3-6H2,1-2H3. The first-order valence-electron chi connectivity index (χ1n) is 5.20. The highest BCUT2D eigenvalue weighted by Crippen LogP contribution is 2.86. The van der Waals surface area contributed by atoms with Crippen LogP contribution < -0.4 is 0 Å². The summed E-state index contributed by atoms with van der Waals surface area (Å²) in [5.41, 5.74) is 1.33. The molecule has 4 aliphatic carbocycles. The van der Waals surface area contributed by atoms with Crippen molar-refractivity contribution in [1.82, 2.24) is 0 Å². The second kappa shape index (κ2) is 1.87. The number of halogens is 1. The van der Waals surface area contributed by atoms with Gasteiger partial charge in [0, 0.05) is 5.88 Å². The van der Waals surface area contributed by atoms with Crippen LogP contribution in [-0.4, -0.2) is 5.88 Å². The van der Waals surface area contributed by atoms with E-state index >= 15 is 0 Å². The molecule has 4 rings (SSSR count). The Hall–Kier alpha value is 0.290. The molecule has 3 atom stereocenters. The van der Waals surface area contributed by atoms with Gasteiger partial charge in [0.1, 0.15) is 0 Å². The van der Waals surface area contributed by atoms with Crippen LogP contribution in [0.2, 0.25) is 0 Å². The maximum atomic E-state index is 5.90. The van der Waals surface area contributed by atoms with Gasteiger partial charge in [-0.3, -0.25) is 0 Å². The van der Waals surface area contributed by atoms with Crippen molar-refractivity contribution in [3.8, 4) is 0 Å². The van der Waals surface area contributed by atoms with Crippen LogP contribution in [0, 0.1) is 28.6 Å². The van der Waals surface area contributed by atoms with E-state index in [4.69, 9.17) is 11.6 Å². The first-order valence-corrected chi connectivity index (χ1v) is 5.74. The minimum Gasteiger partial charge on any atom is -0.127 e. The van der Waals surface area contributed by atoms with Crippen molar-refractivity contribution in [1.29, 1.82) is 0 Å². The summed E-state index contributed by atoms with van der Waals surface area (Å²) in [7, 11) is 0. The highest BCUT2D eigenvalue weighted by Gasteiger charge is 2.80. The Bertz CT molecular complexity index is 223. The molecule has 4 fully saturated rings. The molecule has 0 radical (unpaired) electrons. The van der Waals surface area contributed by atoms with Gasteiger partial charge in [-0.1, -0.05) is 13.8 Å². The lowest BCUT2D eigenvalue weighted by Crippen LogP contribution is -2.27. The maximum Gasteiger partial charge on any atom is 0.0228 e. The molecule has 0 aromatic carbocycles. The van der Waals surface area contributed by atoms with E-state index in [1.807, 2.05) is 0 Å². The zero-order chi connectivity index (χ0) is 8.56. The number of alkyl halides is 1. The Morgan fingerprint density at radius 1 is 1.25 bits per heavy atom. The summed E-state index contributed by atoms with van der Waals surface area (Å²) in [5, 5.41) is 0. The minimum atomic E-state index is 0.615. The predicted octanol–water partition coefficient (Wildman–Crippen LogP) is 3.30. The topological polar surface area (TPSA) is 0 Å². The van der Waals surface area contributed by atoms with Crippen molar-refractivity contribution in [2.75, 3.05) is 5.88 Å². The third kappa shape index (κ3) is 0.521.